The van der Waals surface area contributed by atoms with Crippen LogP contribution in [0.5, 0.6) is 5.75 Å². The lowest BCUT2D eigenvalue weighted by Gasteiger charge is -2.08. The second-order valence-electron chi connectivity index (χ2n) is 5.09. The van der Waals surface area contributed by atoms with E-state index in [-0.39, 0.29) is 22.7 Å². The molecule has 26 heavy (non-hydrogen) atoms. The Bertz CT molecular complexity index is 863. The van der Waals surface area contributed by atoms with Gasteiger partial charge in [0.15, 0.2) is 0 Å². The summed E-state index contributed by atoms with van der Waals surface area (Å²) in [5.41, 5.74) is -0.829. The van der Waals surface area contributed by atoms with Crippen LogP contribution >= 0.6 is 0 Å². The average molecular weight is 366 g/mol. The first kappa shape index (κ1) is 19.0. The van der Waals surface area contributed by atoms with Crippen molar-refractivity contribution in [2.24, 2.45) is 0 Å². The lowest BCUT2D eigenvalue weighted by molar-refractivity contribution is -0.384. The summed E-state index contributed by atoms with van der Waals surface area (Å²) in [7, 11) is 1.33. The van der Waals surface area contributed by atoms with E-state index in [0.29, 0.717) is 0 Å². The standard InChI is InChI=1S/C17H13F3N2O4/c1-26-15-7-6-13(22(24)25)10-14(15)21-16(23)8-5-11-3-2-4-12(9-11)17(18,19)20/h2-10H,1H3,(H,21,23)/b8-5+. The summed E-state index contributed by atoms with van der Waals surface area (Å²) in [5, 5.41) is 13.2. The number of carbonyl (C=O) groups excluding carboxylic acids is 1. The second-order valence-corrected chi connectivity index (χ2v) is 5.09. The summed E-state index contributed by atoms with van der Waals surface area (Å²) in [6.07, 6.45) is -2.26. The van der Waals surface area contributed by atoms with E-state index in [9.17, 15) is 28.1 Å². The molecular weight excluding hydrogens is 353 g/mol. The summed E-state index contributed by atoms with van der Waals surface area (Å²) in [6.45, 7) is 0. The normalized spacial score (nSPS) is 11.4. The Labute approximate surface area is 146 Å². The minimum Gasteiger partial charge on any atom is -0.495 e. The number of carbonyl (C=O) groups is 1. The van der Waals surface area contributed by atoms with Gasteiger partial charge in [-0.15, -0.1) is 0 Å². The molecular formula is C17H13F3N2O4. The number of anilines is 1. The van der Waals surface area contributed by atoms with Gasteiger partial charge < -0.3 is 10.1 Å². The van der Waals surface area contributed by atoms with Crippen molar-refractivity contribution in [3.63, 3.8) is 0 Å². The largest absolute Gasteiger partial charge is 0.495 e. The minimum atomic E-state index is -4.48. The molecule has 9 heteroatoms. The maximum Gasteiger partial charge on any atom is 0.416 e. The van der Waals surface area contributed by atoms with Crippen LogP contribution in [0.1, 0.15) is 11.1 Å². The molecule has 0 saturated carbocycles. The molecule has 1 amide bonds. The van der Waals surface area contributed by atoms with Crippen LogP contribution in [0.4, 0.5) is 24.5 Å². The smallest absolute Gasteiger partial charge is 0.416 e. The van der Waals surface area contributed by atoms with Crippen LogP contribution in [-0.2, 0) is 11.0 Å². The predicted molar refractivity (Wildman–Crippen MR) is 88.8 cm³/mol. The number of benzene rings is 2. The van der Waals surface area contributed by atoms with Crippen LogP contribution in [0.3, 0.4) is 0 Å². The third-order valence-corrected chi connectivity index (χ3v) is 3.29. The SMILES string of the molecule is COc1ccc([N+](=O)[O-])cc1NC(=O)/C=C/c1cccc(C(F)(F)F)c1. The zero-order valence-corrected chi connectivity index (χ0v) is 13.4. The molecule has 2 aromatic carbocycles. The van der Waals surface area contributed by atoms with E-state index >= 15 is 0 Å². The third kappa shape index (κ3) is 4.82. The van der Waals surface area contributed by atoms with Gasteiger partial charge in [0.25, 0.3) is 5.69 Å². The third-order valence-electron chi connectivity index (χ3n) is 3.29. The van der Waals surface area contributed by atoms with Crippen molar-refractivity contribution in [2.45, 2.75) is 6.18 Å². The van der Waals surface area contributed by atoms with Gasteiger partial charge in [0.2, 0.25) is 5.91 Å². The molecule has 0 atom stereocenters. The number of nitrogens with zero attached hydrogens (tertiary/aromatic N) is 1. The van der Waals surface area contributed by atoms with E-state index in [2.05, 4.69) is 5.32 Å². The Morgan fingerprint density at radius 2 is 1.96 bits per heavy atom. The van der Waals surface area contributed by atoms with Crippen molar-refractivity contribution in [1.82, 2.24) is 0 Å². The van der Waals surface area contributed by atoms with E-state index in [4.69, 9.17) is 4.74 Å². The highest BCUT2D eigenvalue weighted by Gasteiger charge is 2.30. The van der Waals surface area contributed by atoms with Crippen molar-refractivity contribution in [3.05, 3.63) is 69.8 Å². The van der Waals surface area contributed by atoms with Gasteiger partial charge in [-0.1, -0.05) is 12.1 Å². The maximum absolute atomic E-state index is 12.7. The van der Waals surface area contributed by atoms with Gasteiger partial charge in [-0.3, -0.25) is 14.9 Å². The Balaban J connectivity index is 2.17. The van der Waals surface area contributed by atoms with Gasteiger partial charge in [-0.2, -0.15) is 13.2 Å². The molecule has 0 aliphatic heterocycles. The van der Waals surface area contributed by atoms with Crippen molar-refractivity contribution in [1.29, 1.82) is 0 Å². The van der Waals surface area contributed by atoms with E-state index in [1.165, 1.54) is 37.5 Å². The zero-order valence-electron chi connectivity index (χ0n) is 13.4. The number of methoxy groups -OCH3 is 1. The number of ether oxygens (including phenoxy) is 1. The highest BCUT2D eigenvalue weighted by molar-refractivity contribution is 6.03. The van der Waals surface area contributed by atoms with Crippen LogP contribution in [0.25, 0.3) is 6.08 Å². The van der Waals surface area contributed by atoms with Crippen LogP contribution < -0.4 is 10.1 Å². The monoisotopic (exact) mass is 366 g/mol. The molecule has 0 heterocycles. The summed E-state index contributed by atoms with van der Waals surface area (Å²) in [5.74, 6) is -0.474. The molecule has 0 spiro atoms. The first-order chi connectivity index (χ1) is 12.2. The number of halogens is 3. The van der Waals surface area contributed by atoms with E-state index in [0.717, 1.165) is 24.3 Å². The van der Waals surface area contributed by atoms with Gasteiger partial charge in [0, 0.05) is 18.2 Å². The molecule has 0 aliphatic rings. The molecule has 0 bridgehead atoms. The molecule has 0 fully saturated rings. The predicted octanol–water partition coefficient (Wildman–Crippen LogP) is 4.27. The van der Waals surface area contributed by atoms with Gasteiger partial charge in [0.1, 0.15) is 5.75 Å². The molecule has 2 aromatic rings. The van der Waals surface area contributed by atoms with E-state index in [1.54, 1.807) is 0 Å². The van der Waals surface area contributed by atoms with Crippen molar-refractivity contribution in [2.75, 3.05) is 12.4 Å². The average Bonchev–Trinajstić information content (AvgIpc) is 2.59. The molecule has 0 radical (unpaired) electrons. The lowest BCUT2D eigenvalue weighted by Crippen LogP contribution is -2.09. The Morgan fingerprint density at radius 1 is 1.23 bits per heavy atom. The topological polar surface area (TPSA) is 81.5 Å². The van der Waals surface area contributed by atoms with E-state index in [1.807, 2.05) is 0 Å². The van der Waals surface area contributed by atoms with Gasteiger partial charge in [0.05, 0.1) is 23.3 Å². The summed E-state index contributed by atoms with van der Waals surface area (Å²) >= 11 is 0. The number of rotatable bonds is 5. The summed E-state index contributed by atoms with van der Waals surface area (Å²) in [4.78, 5) is 22.1. The maximum atomic E-state index is 12.7. The molecule has 0 aliphatic carbocycles. The Kier molecular flexibility index (Phi) is 5.61. The van der Waals surface area contributed by atoms with Crippen LogP contribution in [0, 0.1) is 10.1 Å². The highest BCUT2D eigenvalue weighted by Crippen LogP contribution is 2.30. The fourth-order valence-corrected chi connectivity index (χ4v) is 2.07. The molecule has 6 nitrogen and oxygen atoms in total. The lowest BCUT2D eigenvalue weighted by atomic mass is 10.1. The van der Waals surface area contributed by atoms with Crippen molar-refractivity contribution >= 4 is 23.4 Å². The number of nitrogens with one attached hydrogen (secondary N) is 1. The Hall–Kier alpha value is -3.36. The number of amides is 1. The number of nitro groups is 1. The van der Waals surface area contributed by atoms with Crippen LogP contribution in [0.15, 0.2) is 48.5 Å². The van der Waals surface area contributed by atoms with Crippen molar-refractivity contribution < 1.29 is 27.6 Å². The fraction of sp³-hybridized carbons (Fsp3) is 0.118. The zero-order chi connectivity index (χ0) is 19.3. The van der Waals surface area contributed by atoms with Gasteiger partial charge in [-0.25, -0.2) is 0 Å². The van der Waals surface area contributed by atoms with Crippen LogP contribution in [0.2, 0.25) is 0 Å². The van der Waals surface area contributed by atoms with E-state index < -0.39 is 22.6 Å². The number of alkyl halides is 3. The molecule has 2 rings (SSSR count). The highest BCUT2D eigenvalue weighted by atomic mass is 19.4. The van der Waals surface area contributed by atoms with Crippen molar-refractivity contribution in [3.8, 4) is 5.75 Å². The quantitative estimate of drug-likeness (QED) is 0.487. The van der Waals surface area contributed by atoms with Crippen LogP contribution in [-0.4, -0.2) is 17.9 Å². The molecule has 0 unspecified atom stereocenters. The number of non-ortho nitro benzene ring substituents is 1. The first-order valence-electron chi connectivity index (χ1n) is 7.19. The molecule has 136 valence electrons. The number of hydrogen-bond donors (Lipinski definition) is 1. The summed E-state index contributed by atoms with van der Waals surface area (Å²) in [6, 6.07) is 8.12. The second kappa shape index (κ2) is 7.68. The van der Waals surface area contributed by atoms with Gasteiger partial charge in [-0.05, 0) is 29.8 Å². The molecule has 1 N–H and O–H groups in total. The minimum absolute atomic E-state index is 0.0698. The Morgan fingerprint density at radius 3 is 2.58 bits per heavy atom. The summed E-state index contributed by atoms with van der Waals surface area (Å²) < 4.78 is 43.0. The molecule has 0 saturated heterocycles. The fourth-order valence-electron chi connectivity index (χ4n) is 2.07. The van der Waals surface area contributed by atoms with Gasteiger partial charge >= 0.3 is 6.18 Å². The first-order valence-corrected chi connectivity index (χ1v) is 7.19. The number of hydrogen-bond acceptors (Lipinski definition) is 4. The number of nitro benzene ring substituents is 1. The molecule has 0 aromatic heterocycles.